The number of likely N-dealkylation sites (tertiary alicyclic amines) is 1. The highest BCUT2D eigenvalue weighted by molar-refractivity contribution is 5.89. The molecule has 3 aliphatic heterocycles. The Morgan fingerprint density at radius 2 is 1.91 bits per heavy atom. The van der Waals surface area contributed by atoms with Gasteiger partial charge < -0.3 is 23.7 Å². The molecule has 2 amide bonds. The molecule has 7 nitrogen and oxygen atoms in total. The van der Waals surface area contributed by atoms with Gasteiger partial charge in [-0.1, -0.05) is 12.8 Å². The van der Waals surface area contributed by atoms with E-state index >= 15 is 0 Å². The van der Waals surface area contributed by atoms with Crippen molar-refractivity contribution in [2.24, 2.45) is 5.92 Å². The number of hydrogen-bond acceptors (Lipinski definition) is 5. The minimum absolute atomic E-state index is 0.0185. The molecule has 2 fully saturated rings. The molecule has 0 bridgehead atoms. The van der Waals surface area contributed by atoms with Crippen LogP contribution < -0.4 is 9.47 Å². The van der Waals surface area contributed by atoms with E-state index in [1.165, 1.54) is 18.4 Å². The van der Waals surface area contributed by atoms with Crippen LogP contribution in [0.25, 0.3) is 0 Å². The molecule has 6 rings (SSSR count). The van der Waals surface area contributed by atoms with Crippen molar-refractivity contribution in [1.29, 1.82) is 0 Å². The lowest BCUT2D eigenvalue weighted by Crippen LogP contribution is -2.50. The first-order valence-corrected chi connectivity index (χ1v) is 12.1. The van der Waals surface area contributed by atoms with Gasteiger partial charge in [-0.3, -0.25) is 9.59 Å². The molecule has 2 unspecified atom stereocenters. The number of amides is 2. The van der Waals surface area contributed by atoms with Crippen LogP contribution in [0.15, 0.2) is 34.9 Å². The third-order valence-electron chi connectivity index (χ3n) is 8.01. The van der Waals surface area contributed by atoms with E-state index in [0.717, 1.165) is 35.7 Å². The van der Waals surface area contributed by atoms with E-state index in [1.54, 1.807) is 11.2 Å². The van der Waals surface area contributed by atoms with Crippen LogP contribution in [0, 0.1) is 5.92 Å². The lowest BCUT2D eigenvalue weighted by atomic mass is 9.71. The second-order valence-electron chi connectivity index (χ2n) is 9.97. The van der Waals surface area contributed by atoms with Crippen molar-refractivity contribution in [1.82, 2.24) is 9.80 Å². The van der Waals surface area contributed by atoms with Crippen LogP contribution in [0.2, 0.25) is 0 Å². The quantitative estimate of drug-likeness (QED) is 0.711. The molecule has 4 heterocycles. The van der Waals surface area contributed by atoms with E-state index in [2.05, 4.69) is 19.1 Å². The second-order valence-corrected chi connectivity index (χ2v) is 9.97. The minimum atomic E-state index is -0.313. The zero-order chi connectivity index (χ0) is 22.6. The van der Waals surface area contributed by atoms with Gasteiger partial charge >= 0.3 is 0 Å². The second kappa shape index (κ2) is 7.82. The fourth-order valence-corrected chi connectivity index (χ4v) is 6.29. The van der Waals surface area contributed by atoms with Gasteiger partial charge in [0.2, 0.25) is 11.8 Å². The Bertz CT molecular complexity index is 1070. The lowest BCUT2D eigenvalue weighted by Gasteiger charge is -2.47. The fourth-order valence-electron chi connectivity index (χ4n) is 6.29. The van der Waals surface area contributed by atoms with Crippen LogP contribution in [-0.2, 0) is 21.5 Å². The van der Waals surface area contributed by atoms with Gasteiger partial charge in [-0.2, -0.15) is 0 Å². The first kappa shape index (κ1) is 20.6. The summed E-state index contributed by atoms with van der Waals surface area (Å²) < 4.78 is 17.2. The first-order chi connectivity index (χ1) is 16.0. The minimum Gasteiger partial charge on any atom is -0.486 e. The molecule has 0 radical (unpaired) electrons. The molecule has 1 aromatic heterocycles. The number of carbonyl (C=O) groups is 2. The van der Waals surface area contributed by atoms with Gasteiger partial charge in [0, 0.05) is 24.9 Å². The molecule has 4 aliphatic rings. The van der Waals surface area contributed by atoms with Gasteiger partial charge in [0.15, 0.2) is 11.5 Å². The molecule has 2 aromatic rings. The maximum absolute atomic E-state index is 13.8. The first-order valence-electron chi connectivity index (χ1n) is 12.1. The van der Waals surface area contributed by atoms with E-state index in [1.807, 2.05) is 17.0 Å². The number of ether oxygens (including phenoxy) is 2. The highest BCUT2D eigenvalue weighted by Gasteiger charge is 2.48. The summed E-state index contributed by atoms with van der Waals surface area (Å²) in [5, 5.41) is 0. The third-order valence-corrected chi connectivity index (χ3v) is 8.01. The monoisotopic (exact) mass is 450 g/mol. The predicted octanol–water partition coefficient (Wildman–Crippen LogP) is 3.81. The number of carbonyl (C=O) groups excluding carboxylic acids is 2. The molecule has 1 aromatic carbocycles. The van der Waals surface area contributed by atoms with Gasteiger partial charge in [-0.05, 0) is 55.2 Å². The van der Waals surface area contributed by atoms with E-state index in [0.29, 0.717) is 32.8 Å². The SMILES string of the molecule is CC1c2cc3c(cc2C2(CCCC2)CN1C(=O)C1CC(=O)N(Cc2ccco2)C1)OCCO3. The van der Waals surface area contributed by atoms with Crippen LogP contribution in [0.5, 0.6) is 11.5 Å². The Morgan fingerprint density at radius 3 is 2.64 bits per heavy atom. The van der Waals surface area contributed by atoms with Gasteiger partial charge in [-0.15, -0.1) is 0 Å². The summed E-state index contributed by atoms with van der Waals surface area (Å²) in [4.78, 5) is 30.3. The standard InChI is InChI=1S/C26H30N2O5/c1-17-20-12-22-23(33-10-9-32-22)13-21(20)26(6-2-3-7-26)16-28(17)25(30)18-11-24(29)27(14-18)15-19-5-4-8-31-19/h4-5,8,12-13,17-18H,2-3,6-7,9-11,14-16H2,1H3. The van der Waals surface area contributed by atoms with Crippen LogP contribution >= 0.6 is 0 Å². The van der Waals surface area contributed by atoms with Crippen molar-refractivity contribution in [3.63, 3.8) is 0 Å². The molecule has 2 atom stereocenters. The fraction of sp³-hybridized carbons (Fsp3) is 0.538. The predicted molar refractivity (Wildman–Crippen MR) is 120 cm³/mol. The summed E-state index contributed by atoms with van der Waals surface area (Å²) >= 11 is 0. The molecule has 1 saturated heterocycles. The van der Waals surface area contributed by atoms with Gasteiger partial charge in [0.05, 0.1) is 24.8 Å². The number of fused-ring (bicyclic) bond motifs is 3. The molecule has 7 heteroatoms. The Kier molecular flexibility index (Phi) is 4.89. The van der Waals surface area contributed by atoms with Gasteiger partial charge in [0.25, 0.3) is 0 Å². The Balaban J connectivity index is 1.29. The zero-order valence-electron chi connectivity index (χ0n) is 19.0. The molecule has 1 aliphatic carbocycles. The molecule has 1 spiro atoms. The van der Waals surface area contributed by atoms with Crippen molar-refractivity contribution >= 4 is 11.8 Å². The molecule has 33 heavy (non-hydrogen) atoms. The van der Waals surface area contributed by atoms with E-state index in [-0.39, 0.29) is 35.6 Å². The lowest BCUT2D eigenvalue weighted by molar-refractivity contribution is -0.139. The zero-order valence-corrected chi connectivity index (χ0v) is 19.0. The highest BCUT2D eigenvalue weighted by Crippen LogP contribution is 2.52. The van der Waals surface area contributed by atoms with Crippen LogP contribution in [0.4, 0.5) is 0 Å². The van der Waals surface area contributed by atoms with E-state index < -0.39 is 0 Å². The normalized spacial score (nSPS) is 25.5. The summed E-state index contributed by atoms with van der Waals surface area (Å²) in [7, 11) is 0. The average Bonchev–Trinajstić information content (AvgIpc) is 3.58. The Morgan fingerprint density at radius 1 is 1.15 bits per heavy atom. The van der Waals surface area contributed by atoms with Crippen LogP contribution in [-0.4, -0.2) is 47.9 Å². The van der Waals surface area contributed by atoms with E-state index in [4.69, 9.17) is 13.9 Å². The number of nitrogens with zero attached hydrogens (tertiary/aromatic N) is 2. The smallest absolute Gasteiger partial charge is 0.228 e. The molecule has 0 N–H and O–H groups in total. The van der Waals surface area contributed by atoms with Crippen molar-refractivity contribution < 1.29 is 23.5 Å². The van der Waals surface area contributed by atoms with Crippen molar-refractivity contribution in [3.8, 4) is 11.5 Å². The van der Waals surface area contributed by atoms with Crippen molar-refractivity contribution in [2.75, 3.05) is 26.3 Å². The average molecular weight is 451 g/mol. The summed E-state index contributed by atoms with van der Waals surface area (Å²) in [5.41, 5.74) is 2.45. The summed E-state index contributed by atoms with van der Waals surface area (Å²) in [5.74, 6) is 2.14. The number of hydrogen-bond donors (Lipinski definition) is 0. The van der Waals surface area contributed by atoms with Crippen molar-refractivity contribution in [2.45, 2.75) is 57.0 Å². The number of furan rings is 1. The summed E-state index contributed by atoms with van der Waals surface area (Å²) in [6.07, 6.45) is 6.37. The van der Waals surface area contributed by atoms with E-state index in [9.17, 15) is 9.59 Å². The highest BCUT2D eigenvalue weighted by atomic mass is 16.6. The van der Waals surface area contributed by atoms with Crippen LogP contribution in [0.3, 0.4) is 0 Å². The Labute approximate surface area is 193 Å². The molecule has 1 saturated carbocycles. The summed E-state index contributed by atoms with van der Waals surface area (Å²) in [6, 6.07) is 7.89. The third kappa shape index (κ3) is 3.40. The molecular formula is C26H30N2O5. The summed E-state index contributed by atoms with van der Waals surface area (Å²) in [6.45, 7) is 4.80. The Hall–Kier alpha value is -2.96. The molecular weight excluding hydrogens is 420 g/mol. The van der Waals surface area contributed by atoms with Crippen LogP contribution in [0.1, 0.15) is 62.0 Å². The van der Waals surface area contributed by atoms with Crippen molar-refractivity contribution in [3.05, 3.63) is 47.4 Å². The molecule has 174 valence electrons. The number of benzene rings is 1. The maximum atomic E-state index is 13.8. The number of rotatable bonds is 3. The largest absolute Gasteiger partial charge is 0.486 e. The topological polar surface area (TPSA) is 72.2 Å². The van der Waals surface area contributed by atoms with Gasteiger partial charge in [0.1, 0.15) is 19.0 Å². The maximum Gasteiger partial charge on any atom is 0.228 e. The van der Waals surface area contributed by atoms with Gasteiger partial charge in [-0.25, -0.2) is 0 Å².